The van der Waals surface area contributed by atoms with Gasteiger partial charge in [0.15, 0.2) is 0 Å². The molecule has 0 radical (unpaired) electrons. The molecule has 2 fully saturated rings. The highest BCUT2D eigenvalue weighted by atomic mass is 16.3. The summed E-state index contributed by atoms with van der Waals surface area (Å²) in [5, 5.41) is 20.9. The number of carbonyl (C=O) groups is 1. The third kappa shape index (κ3) is 3.86. The van der Waals surface area contributed by atoms with Crippen molar-refractivity contribution in [2.45, 2.75) is 32.4 Å². The number of aliphatic hydroxyl groups is 1. The number of hydrogen-bond acceptors (Lipinski definition) is 7. The van der Waals surface area contributed by atoms with Gasteiger partial charge < -0.3 is 15.0 Å². The number of nitrogens with one attached hydrogen (secondary N) is 1. The molecule has 4 rings (SSSR count). The monoisotopic (exact) mass is 374 g/mol. The molecule has 2 aliphatic rings. The molecule has 1 amide bonds. The zero-order valence-electron chi connectivity index (χ0n) is 15.4. The highest BCUT2D eigenvalue weighted by molar-refractivity contribution is 5.76. The predicted molar refractivity (Wildman–Crippen MR) is 95.1 cm³/mol. The van der Waals surface area contributed by atoms with Crippen LogP contribution < -0.4 is 0 Å². The fourth-order valence-corrected chi connectivity index (χ4v) is 4.49. The van der Waals surface area contributed by atoms with Crippen LogP contribution in [0.3, 0.4) is 0 Å². The summed E-state index contributed by atoms with van der Waals surface area (Å²) in [7, 11) is 0. The van der Waals surface area contributed by atoms with Crippen molar-refractivity contribution >= 4 is 5.91 Å². The standard InChI is InChI=1S/C17H26N8O2/c26-12-14-9-24(16(27)11-25-13-20-21-22-25)8-3-17(14)1-6-23(7-2-17)10-15-18-4-5-19-15/h4-5,13-14,26H,1-3,6-12H2,(H,18,19)/t14-/m1/s1. The summed E-state index contributed by atoms with van der Waals surface area (Å²) in [4.78, 5) is 24.3. The Kier molecular flexibility index (Phi) is 5.17. The number of imidazole rings is 1. The lowest BCUT2D eigenvalue weighted by atomic mass is 9.64. The Morgan fingerprint density at radius 3 is 2.78 bits per heavy atom. The van der Waals surface area contributed by atoms with Gasteiger partial charge in [0, 0.05) is 38.0 Å². The van der Waals surface area contributed by atoms with E-state index in [-0.39, 0.29) is 30.4 Å². The Morgan fingerprint density at radius 2 is 2.11 bits per heavy atom. The van der Waals surface area contributed by atoms with Crippen molar-refractivity contribution in [3.8, 4) is 0 Å². The summed E-state index contributed by atoms with van der Waals surface area (Å²) in [6.45, 7) is 4.43. The first-order chi connectivity index (χ1) is 13.2. The van der Waals surface area contributed by atoms with Gasteiger partial charge in [-0.25, -0.2) is 9.67 Å². The molecular formula is C17H26N8O2. The van der Waals surface area contributed by atoms with Crippen molar-refractivity contribution < 1.29 is 9.90 Å². The highest BCUT2D eigenvalue weighted by Crippen LogP contribution is 2.45. The number of aromatic amines is 1. The molecule has 1 atom stereocenters. The number of aliphatic hydroxyl groups excluding tert-OH is 1. The SMILES string of the molecule is O=C(Cn1cnnn1)N1CCC2(CCN(Cc3ncc[nH]3)CC2)[C@@H](CO)C1. The quantitative estimate of drug-likeness (QED) is 0.726. The van der Waals surface area contributed by atoms with Crippen molar-refractivity contribution in [3.05, 3.63) is 24.5 Å². The van der Waals surface area contributed by atoms with E-state index < -0.39 is 0 Å². The smallest absolute Gasteiger partial charge is 0.244 e. The number of carbonyl (C=O) groups excluding carboxylic acids is 1. The second kappa shape index (κ2) is 7.73. The van der Waals surface area contributed by atoms with E-state index in [9.17, 15) is 9.90 Å². The van der Waals surface area contributed by atoms with E-state index >= 15 is 0 Å². The van der Waals surface area contributed by atoms with E-state index in [0.717, 1.165) is 51.3 Å². The summed E-state index contributed by atoms with van der Waals surface area (Å²) in [6, 6.07) is 0. The molecule has 0 bridgehead atoms. The minimum absolute atomic E-state index is 0.00542. The first-order valence-corrected chi connectivity index (χ1v) is 9.48. The largest absolute Gasteiger partial charge is 0.396 e. The van der Waals surface area contributed by atoms with E-state index in [2.05, 4.69) is 30.4 Å². The molecule has 146 valence electrons. The zero-order valence-corrected chi connectivity index (χ0v) is 15.4. The van der Waals surface area contributed by atoms with Crippen LogP contribution in [0.25, 0.3) is 0 Å². The summed E-state index contributed by atoms with van der Waals surface area (Å²) in [5.74, 6) is 1.12. The predicted octanol–water partition coefficient (Wildman–Crippen LogP) is -0.481. The second-order valence-corrected chi connectivity index (χ2v) is 7.65. The van der Waals surface area contributed by atoms with Crippen molar-refractivity contribution in [1.29, 1.82) is 0 Å². The number of likely N-dealkylation sites (tertiary alicyclic amines) is 2. The minimum atomic E-state index is 0.00542. The van der Waals surface area contributed by atoms with Gasteiger partial charge >= 0.3 is 0 Å². The van der Waals surface area contributed by atoms with Gasteiger partial charge in [-0.15, -0.1) is 5.10 Å². The molecule has 2 N–H and O–H groups in total. The van der Waals surface area contributed by atoms with Gasteiger partial charge in [0.25, 0.3) is 0 Å². The van der Waals surface area contributed by atoms with Crippen LogP contribution in [0.4, 0.5) is 0 Å². The molecule has 0 unspecified atom stereocenters. The van der Waals surface area contributed by atoms with Gasteiger partial charge in [-0.2, -0.15) is 0 Å². The van der Waals surface area contributed by atoms with Crippen LogP contribution in [0.1, 0.15) is 25.1 Å². The highest BCUT2D eigenvalue weighted by Gasteiger charge is 2.45. The zero-order chi connectivity index (χ0) is 18.7. The van der Waals surface area contributed by atoms with E-state index in [4.69, 9.17) is 0 Å². The number of piperidine rings is 2. The molecule has 2 aliphatic heterocycles. The molecule has 10 nitrogen and oxygen atoms in total. The topological polar surface area (TPSA) is 116 Å². The molecule has 0 aliphatic carbocycles. The van der Waals surface area contributed by atoms with Crippen molar-refractivity contribution in [3.63, 3.8) is 0 Å². The van der Waals surface area contributed by atoms with E-state index in [1.54, 1.807) is 6.20 Å². The average molecular weight is 374 g/mol. The molecule has 2 saturated heterocycles. The van der Waals surface area contributed by atoms with E-state index in [1.807, 2.05) is 11.1 Å². The lowest BCUT2D eigenvalue weighted by Gasteiger charge is -2.51. The van der Waals surface area contributed by atoms with Crippen LogP contribution >= 0.6 is 0 Å². The van der Waals surface area contributed by atoms with Gasteiger partial charge in [0.1, 0.15) is 18.7 Å². The molecule has 10 heteroatoms. The van der Waals surface area contributed by atoms with Crippen LogP contribution in [-0.4, -0.2) is 83.8 Å². The van der Waals surface area contributed by atoms with Crippen LogP contribution in [0.2, 0.25) is 0 Å². The molecule has 2 aromatic heterocycles. The number of nitrogens with zero attached hydrogens (tertiary/aromatic N) is 7. The molecule has 27 heavy (non-hydrogen) atoms. The maximum Gasteiger partial charge on any atom is 0.244 e. The Balaban J connectivity index is 1.34. The first kappa shape index (κ1) is 18.1. The second-order valence-electron chi connectivity index (χ2n) is 7.65. The summed E-state index contributed by atoms with van der Waals surface area (Å²) < 4.78 is 1.44. The van der Waals surface area contributed by atoms with Gasteiger partial charge in [-0.1, -0.05) is 0 Å². The first-order valence-electron chi connectivity index (χ1n) is 9.48. The normalized spacial score (nSPS) is 23.0. The van der Waals surface area contributed by atoms with E-state index in [1.165, 1.54) is 11.0 Å². The summed E-state index contributed by atoms with van der Waals surface area (Å²) >= 11 is 0. The molecule has 1 spiro atoms. The fraction of sp³-hybridized carbons (Fsp3) is 0.706. The van der Waals surface area contributed by atoms with Gasteiger partial charge in [-0.05, 0) is 48.2 Å². The Bertz CT molecular complexity index is 724. The summed E-state index contributed by atoms with van der Waals surface area (Å²) in [5.41, 5.74) is 0.125. The maximum absolute atomic E-state index is 12.5. The molecular weight excluding hydrogens is 348 g/mol. The lowest BCUT2D eigenvalue weighted by Crippen LogP contribution is -2.55. The Morgan fingerprint density at radius 1 is 1.30 bits per heavy atom. The molecule has 2 aromatic rings. The minimum Gasteiger partial charge on any atom is -0.396 e. The fourth-order valence-electron chi connectivity index (χ4n) is 4.49. The average Bonchev–Trinajstić information content (AvgIpc) is 3.38. The Labute approximate surface area is 157 Å². The Hall–Kier alpha value is -2.33. The van der Waals surface area contributed by atoms with Gasteiger partial charge in [-0.3, -0.25) is 9.69 Å². The van der Waals surface area contributed by atoms with Crippen LogP contribution in [0, 0.1) is 11.3 Å². The number of aromatic nitrogens is 6. The molecule has 0 aromatic carbocycles. The number of rotatable bonds is 5. The maximum atomic E-state index is 12.5. The van der Waals surface area contributed by atoms with Crippen LogP contribution in [-0.2, 0) is 17.9 Å². The number of tetrazole rings is 1. The summed E-state index contributed by atoms with van der Waals surface area (Å²) in [6.07, 6.45) is 8.12. The van der Waals surface area contributed by atoms with Gasteiger partial charge in [0.05, 0.1) is 6.54 Å². The van der Waals surface area contributed by atoms with Crippen LogP contribution in [0.15, 0.2) is 18.7 Å². The van der Waals surface area contributed by atoms with Crippen molar-refractivity contribution in [1.82, 2.24) is 40.0 Å². The van der Waals surface area contributed by atoms with Gasteiger partial charge in [0.2, 0.25) is 5.91 Å². The third-order valence-electron chi connectivity index (χ3n) is 6.23. The number of amides is 1. The molecule has 0 saturated carbocycles. The van der Waals surface area contributed by atoms with Crippen molar-refractivity contribution in [2.75, 3.05) is 32.8 Å². The lowest BCUT2D eigenvalue weighted by molar-refractivity contribution is -0.139. The van der Waals surface area contributed by atoms with Crippen LogP contribution in [0.5, 0.6) is 0 Å². The van der Waals surface area contributed by atoms with Crippen molar-refractivity contribution in [2.24, 2.45) is 11.3 Å². The number of hydrogen-bond donors (Lipinski definition) is 2. The number of H-pyrrole nitrogens is 1. The van der Waals surface area contributed by atoms with E-state index in [0.29, 0.717) is 6.54 Å². The molecule has 4 heterocycles. The third-order valence-corrected chi connectivity index (χ3v) is 6.23.